The molecule has 1 aromatic carbocycles. The lowest BCUT2D eigenvalue weighted by atomic mass is 9.90. The van der Waals surface area contributed by atoms with Crippen molar-refractivity contribution in [2.75, 3.05) is 20.1 Å². The van der Waals surface area contributed by atoms with E-state index in [0.29, 0.717) is 23.9 Å². The van der Waals surface area contributed by atoms with Gasteiger partial charge in [0, 0.05) is 37.5 Å². The van der Waals surface area contributed by atoms with Crippen molar-refractivity contribution in [1.82, 2.24) is 25.0 Å². The van der Waals surface area contributed by atoms with Gasteiger partial charge in [-0.05, 0) is 30.5 Å². The number of H-pyrrole nitrogens is 2. The first-order valence-electron chi connectivity index (χ1n) is 9.38. The molecule has 2 saturated heterocycles. The first-order chi connectivity index (χ1) is 13.4. The molecular weight excluding hydrogens is 382 g/mol. The Morgan fingerprint density at radius 2 is 2.14 bits per heavy atom. The van der Waals surface area contributed by atoms with E-state index in [1.807, 2.05) is 18.2 Å². The van der Waals surface area contributed by atoms with Crippen LogP contribution >= 0.6 is 11.6 Å². The number of nitrogens with zero attached hydrogens (tertiary/aromatic N) is 3. The smallest absolute Gasteiger partial charge is 0.340 e. The second-order valence-electron chi connectivity index (χ2n) is 7.50. The number of carbonyl (C=O) groups is 2. The highest BCUT2D eigenvalue weighted by molar-refractivity contribution is 6.30. The molecule has 4 rings (SSSR count). The number of hydrogen-bond acceptors (Lipinski definition) is 4. The number of halogens is 1. The predicted molar refractivity (Wildman–Crippen MR) is 103 cm³/mol. The fraction of sp³-hybridized carbons (Fsp3) is 0.474. The van der Waals surface area contributed by atoms with Crippen LogP contribution < -0.4 is 5.69 Å². The van der Waals surface area contributed by atoms with Crippen LogP contribution in [-0.4, -0.2) is 56.9 Å². The Balaban J connectivity index is 1.57. The number of carbonyl (C=O) groups excluding carboxylic acids is 2. The molecule has 0 bridgehead atoms. The van der Waals surface area contributed by atoms with Crippen molar-refractivity contribution in [3.8, 4) is 0 Å². The third-order valence-electron chi connectivity index (χ3n) is 5.73. The number of aromatic amines is 2. The number of hydrogen-bond donors (Lipinski definition) is 2. The quantitative estimate of drug-likeness (QED) is 0.813. The van der Waals surface area contributed by atoms with Crippen molar-refractivity contribution in [3.05, 3.63) is 51.2 Å². The molecule has 28 heavy (non-hydrogen) atoms. The van der Waals surface area contributed by atoms with Gasteiger partial charge in [0.25, 0.3) is 0 Å². The molecule has 2 fully saturated rings. The van der Waals surface area contributed by atoms with Crippen LogP contribution in [0.4, 0.5) is 0 Å². The summed E-state index contributed by atoms with van der Waals surface area (Å²) >= 11 is 6.13. The van der Waals surface area contributed by atoms with E-state index in [1.165, 1.54) is 0 Å². The van der Waals surface area contributed by atoms with Crippen molar-refractivity contribution in [1.29, 1.82) is 0 Å². The number of amides is 2. The summed E-state index contributed by atoms with van der Waals surface area (Å²) in [5.74, 6) is 0.0244. The minimum atomic E-state index is -0.451. The molecule has 2 aromatic rings. The van der Waals surface area contributed by atoms with Gasteiger partial charge in [-0.1, -0.05) is 23.7 Å². The highest BCUT2D eigenvalue weighted by Gasteiger charge is 2.45. The van der Waals surface area contributed by atoms with Crippen LogP contribution in [0.25, 0.3) is 0 Å². The zero-order chi connectivity index (χ0) is 19.8. The lowest BCUT2D eigenvalue weighted by molar-refractivity contribution is -0.137. The summed E-state index contributed by atoms with van der Waals surface area (Å²) in [5, 5.41) is 6.98. The Labute approximate surface area is 166 Å². The monoisotopic (exact) mass is 403 g/mol. The summed E-state index contributed by atoms with van der Waals surface area (Å²) in [7, 11) is 1.73. The van der Waals surface area contributed by atoms with E-state index in [0.717, 1.165) is 18.4 Å². The topological polar surface area (TPSA) is 102 Å². The minimum Gasteiger partial charge on any atom is -0.342 e. The number of likely N-dealkylation sites (tertiary alicyclic amines) is 2. The Hall–Kier alpha value is -2.61. The van der Waals surface area contributed by atoms with E-state index in [9.17, 15) is 14.4 Å². The van der Waals surface area contributed by atoms with Crippen LogP contribution in [-0.2, 0) is 9.59 Å². The van der Waals surface area contributed by atoms with Crippen LogP contribution in [0.3, 0.4) is 0 Å². The van der Waals surface area contributed by atoms with E-state index in [4.69, 9.17) is 11.6 Å². The minimum absolute atomic E-state index is 0.0175. The van der Waals surface area contributed by atoms with E-state index in [2.05, 4.69) is 15.2 Å². The summed E-state index contributed by atoms with van der Waals surface area (Å²) in [6, 6.07) is 7.00. The third-order valence-corrected chi connectivity index (χ3v) is 5.97. The molecule has 2 amide bonds. The van der Waals surface area contributed by atoms with E-state index >= 15 is 0 Å². The average molecular weight is 404 g/mol. The molecule has 0 aliphatic carbocycles. The maximum Gasteiger partial charge on any atom is 0.340 e. The standard InChI is InChI=1S/C19H22ClN5O3/c1-24-15(26)9-14(16(24)11-4-2-6-13(20)8-11)18(27)25-7-3-5-12(10-25)17-21-19(28)23-22-17/h2,4,6,8,12,14,16H,3,5,7,9-10H2,1H3,(H2,21,22,23,28)/t12-,14+,16+/m1/s1. The normalized spacial score (nSPS) is 25.4. The highest BCUT2D eigenvalue weighted by Crippen LogP contribution is 2.39. The van der Waals surface area contributed by atoms with Gasteiger partial charge in [0.05, 0.1) is 12.0 Å². The molecule has 2 aliphatic heterocycles. The first kappa shape index (κ1) is 18.7. The zero-order valence-corrected chi connectivity index (χ0v) is 16.3. The fourth-order valence-corrected chi connectivity index (χ4v) is 4.55. The number of benzene rings is 1. The van der Waals surface area contributed by atoms with Gasteiger partial charge in [-0.15, -0.1) is 0 Å². The Morgan fingerprint density at radius 1 is 1.32 bits per heavy atom. The molecule has 148 valence electrons. The lowest BCUT2D eigenvalue weighted by Crippen LogP contribution is -2.43. The molecule has 2 N–H and O–H groups in total. The van der Waals surface area contributed by atoms with E-state index < -0.39 is 5.92 Å². The number of aromatic nitrogens is 3. The predicted octanol–water partition coefficient (Wildman–Crippen LogP) is 1.68. The molecule has 2 aliphatic rings. The maximum atomic E-state index is 13.4. The van der Waals surface area contributed by atoms with Gasteiger partial charge >= 0.3 is 5.69 Å². The first-order valence-corrected chi connectivity index (χ1v) is 9.76. The van der Waals surface area contributed by atoms with Crippen molar-refractivity contribution in [2.24, 2.45) is 5.92 Å². The average Bonchev–Trinajstić information content (AvgIpc) is 3.25. The molecular formula is C19H22ClN5O3. The Bertz CT molecular complexity index is 955. The highest BCUT2D eigenvalue weighted by atomic mass is 35.5. The summed E-state index contributed by atoms with van der Waals surface area (Å²) in [4.78, 5) is 43.2. The van der Waals surface area contributed by atoms with Gasteiger partial charge in [-0.3, -0.25) is 14.6 Å². The van der Waals surface area contributed by atoms with E-state index in [-0.39, 0.29) is 35.9 Å². The van der Waals surface area contributed by atoms with Crippen molar-refractivity contribution in [3.63, 3.8) is 0 Å². The summed E-state index contributed by atoms with van der Waals surface area (Å²) < 4.78 is 0. The molecule has 9 heteroatoms. The molecule has 3 heterocycles. The van der Waals surface area contributed by atoms with Gasteiger partial charge in [-0.25, -0.2) is 9.89 Å². The van der Waals surface area contributed by atoms with Crippen LogP contribution in [0.5, 0.6) is 0 Å². The van der Waals surface area contributed by atoms with Crippen LogP contribution in [0.15, 0.2) is 29.1 Å². The molecule has 8 nitrogen and oxygen atoms in total. The fourth-order valence-electron chi connectivity index (χ4n) is 4.35. The Kier molecular flexibility index (Phi) is 4.97. The second kappa shape index (κ2) is 7.43. The van der Waals surface area contributed by atoms with Gasteiger partial charge in [0.15, 0.2) is 0 Å². The maximum absolute atomic E-state index is 13.4. The van der Waals surface area contributed by atoms with Crippen LogP contribution in [0.2, 0.25) is 5.02 Å². The van der Waals surface area contributed by atoms with Crippen molar-refractivity contribution < 1.29 is 9.59 Å². The van der Waals surface area contributed by atoms with Gasteiger partial charge in [-0.2, -0.15) is 5.10 Å². The number of nitrogens with one attached hydrogen (secondary N) is 2. The molecule has 3 atom stereocenters. The Morgan fingerprint density at radius 3 is 2.86 bits per heavy atom. The molecule has 1 aromatic heterocycles. The summed E-state index contributed by atoms with van der Waals surface area (Å²) in [5.41, 5.74) is 0.520. The summed E-state index contributed by atoms with van der Waals surface area (Å²) in [6.45, 7) is 1.12. The van der Waals surface area contributed by atoms with Crippen molar-refractivity contribution >= 4 is 23.4 Å². The van der Waals surface area contributed by atoms with E-state index in [1.54, 1.807) is 22.9 Å². The number of rotatable bonds is 3. The SMILES string of the molecule is CN1C(=O)C[C@H](C(=O)N2CCC[C@@H](c3n[nH]c(=O)[nH]3)C2)[C@@H]1c1cccc(Cl)c1. The zero-order valence-electron chi connectivity index (χ0n) is 15.5. The van der Waals surface area contributed by atoms with Gasteiger partial charge in [0.1, 0.15) is 5.82 Å². The van der Waals surface area contributed by atoms with Crippen LogP contribution in [0.1, 0.15) is 42.6 Å². The summed E-state index contributed by atoms with van der Waals surface area (Å²) in [6.07, 6.45) is 1.86. The lowest BCUT2D eigenvalue weighted by Gasteiger charge is -2.35. The van der Waals surface area contributed by atoms with Crippen LogP contribution in [0, 0.1) is 5.92 Å². The molecule has 0 saturated carbocycles. The molecule has 0 unspecified atom stereocenters. The molecule has 0 spiro atoms. The third kappa shape index (κ3) is 3.44. The van der Waals surface area contributed by atoms with Crippen molar-refractivity contribution in [2.45, 2.75) is 31.2 Å². The van der Waals surface area contributed by atoms with Gasteiger partial charge < -0.3 is 9.80 Å². The molecule has 0 radical (unpaired) electrons. The number of piperidine rings is 1. The largest absolute Gasteiger partial charge is 0.342 e. The van der Waals surface area contributed by atoms with Gasteiger partial charge in [0.2, 0.25) is 11.8 Å². The second-order valence-corrected chi connectivity index (χ2v) is 7.94.